The molecular formula is C13H24N2O3. The lowest BCUT2D eigenvalue weighted by atomic mass is 9.96. The summed E-state index contributed by atoms with van der Waals surface area (Å²) in [4.78, 5) is 22.9. The summed E-state index contributed by atoms with van der Waals surface area (Å²) in [5.74, 6) is -1.21. The number of hydrogen-bond donors (Lipinski definition) is 3. The molecule has 18 heavy (non-hydrogen) atoms. The molecule has 5 nitrogen and oxygen atoms in total. The van der Waals surface area contributed by atoms with Gasteiger partial charge in [0.1, 0.15) is 5.54 Å². The van der Waals surface area contributed by atoms with Crippen molar-refractivity contribution in [2.75, 3.05) is 6.54 Å². The minimum Gasteiger partial charge on any atom is -0.480 e. The second-order valence-electron chi connectivity index (χ2n) is 5.30. The van der Waals surface area contributed by atoms with Crippen molar-refractivity contribution in [3.8, 4) is 0 Å². The Hall–Kier alpha value is -1.10. The zero-order valence-electron chi connectivity index (χ0n) is 11.3. The Balaban J connectivity index is 2.38. The molecule has 5 heteroatoms. The molecule has 104 valence electrons. The molecule has 0 aromatic carbocycles. The van der Waals surface area contributed by atoms with Crippen molar-refractivity contribution in [1.82, 2.24) is 10.6 Å². The third-order valence-electron chi connectivity index (χ3n) is 3.54. The van der Waals surface area contributed by atoms with Gasteiger partial charge in [-0.1, -0.05) is 26.2 Å². The van der Waals surface area contributed by atoms with Gasteiger partial charge in [-0.25, -0.2) is 4.79 Å². The van der Waals surface area contributed by atoms with Crippen LogP contribution in [0.4, 0.5) is 0 Å². The average molecular weight is 256 g/mol. The molecule has 1 rings (SSSR count). The summed E-state index contributed by atoms with van der Waals surface area (Å²) in [7, 11) is 0. The van der Waals surface area contributed by atoms with E-state index in [1.807, 2.05) is 6.92 Å². The Bertz CT molecular complexity index is 301. The van der Waals surface area contributed by atoms with Crippen LogP contribution in [0.25, 0.3) is 0 Å². The van der Waals surface area contributed by atoms with Crippen molar-refractivity contribution in [3.63, 3.8) is 0 Å². The summed E-state index contributed by atoms with van der Waals surface area (Å²) in [6.07, 6.45) is 5.80. The summed E-state index contributed by atoms with van der Waals surface area (Å²) in [5, 5.41) is 15.0. The first-order valence-corrected chi connectivity index (χ1v) is 6.75. The van der Waals surface area contributed by atoms with E-state index >= 15 is 0 Å². The van der Waals surface area contributed by atoms with E-state index in [-0.39, 0.29) is 12.5 Å². The monoisotopic (exact) mass is 256 g/mol. The van der Waals surface area contributed by atoms with Crippen LogP contribution in [-0.4, -0.2) is 35.1 Å². The molecule has 0 aromatic rings. The van der Waals surface area contributed by atoms with Crippen LogP contribution in [-0.2, 0) is 9.59 Å². The quantitative estimate of drug-likeness (QED) is 0.641. The highest BCUT2D eigenvalue weighted by molar-refractivity contribution is 5.87. The van der Waals surface area contributed by atoms with Gasteiger partial charge in [0, 0.05) is 6.04 Å². The van der Waals surface area contributed by atoms with Gasteiger partial charge in [-0.15, -0.1) is 0 Å². The first-order valence-electron chi connectivity index (χ1n) is 6.75. The highest BCUT2D eigenvalue weighted by atomic mass is 16.4. The smallest absolute Gasteiger partial charge is 0.329 e. The first-order chi connectivity index (χ1) is 8.48. The van der Waals surface area contributed by atoms with Gasteiger partial charge in [0.05, 0.1) is 6.54 Å². The fraction of sp³-hybridized carbons (Fsp3) is 0.846. The van der Waals surface area contributed by atoms with E-state index in [9.17, 15) is 9.59 Å². The normalized spacial score (nSPS) is 19.4. The molecule has 3 N–H and O–H groups in total. The third-order valence-corrected chi connectivity index (χ3v) is 3.54. The minimum absolute atomic E-state index is 0.206. The van der Waals surface area contributed by atoms with Crippen LogP contribution in [0.5, 0.6) is 0 Å². The molecule has 0 saturated heterocycles. The highest BCUT2D eigenvalue weighted by Gasteiger charge is 2.33. The van der Waals surface area contributed by atoms with Gasteiger partial charge in [0.2, 0.25) is 5.91 Å². The first kappa shape index (κ1) is 15.0. The molecule has 1 unspecified atom stereocenters. The minimum atomic E-state index is -1.15. The second-order valence-corrected chi connectivity index (χ2v) is 5.30. The van der Waals surface area contributed by atoms with E-state index in [4.69, 9.17) is 5.11 Å². The van der Waals surface area contributed by atoms with Crippen molar-refractivity contribution in [2.45, 2.75) is 64.0 Å². The van der Waals surface area contributed by atoms with Crippen molar-refractivity contribution in [2.24, 2.45) is 0 Å². The number of aliphatic carboxylic acids is 1. The van der Waals surface area contributed by atoms with Gasteiger partial charge < -0.3 is 15.7 Å². The predicted octanol–water partition coefficient (Wildman–Crippen LogP) is 1.28. The molecule has 1 fully saturated rings. The summed E-state index contributed by atoms with van der Waals surface area (Å²) >= 11 is 0. The Labute approximate surface area is 108 Å². The standard InChI is InChI=1S/C13H24N2O3/c1-3-8-13(2,12(17)18)15-11(16)9-14-10-6-4-5-7-10/h10,14H,3-9H2,1-2H3,(H,15,16)(H,17,18). The highest BCUT2D eigenvalue weighted by Crippen LogP contribution is 2.17. The molecule has 0 aliphatic heterocycles. The van der Waals surface area contributed by atoms with Crippen LogP contribution in [0.2, 0.25) is 0 Å². The fourth-order valence-corrected chi connectivity index (χ4v) is 2.44. The maximum Gasteiger partial charge on any atom is 0.329 e. The second kappa shape index (κ2) is 6.73. The Morgan fingerprint density at radius 1 is 1.33 bits per heavy atom. The maximum absolute atomic E-state index is 11.8. The van der Waals surface area contributed by atoms with Crippen LogP contribution >= 0.6 is 0 Å². The maximum atomic E-state index is 11.8. The lowest BCUT2D eigenvalue weighted by Crippen LogP contribution is -2.54. The van der Waals surface area contributed by atoms with E-state index < -0.39 is 11.5 Å². The molecule has 1 amide bonds. The molecule has 0 heterocycles. The number of hydrogen-bond acceptors (Lipinski definition) is 3. The van der Waals surface area contributed by atoms with Crippen LogP contribution in [0.3, 0.4) is 0 Å². The number of amides is 1. The van der Waals surface area contributed by atoms with Gasteiger partial charge in [0.25, 0.3) is 0 Å². The van der Waals surface area contributed by atoms with Gasteiger partial charge >= 0.3 is 5.97 Å². The van der Waals surface area contributed by atoms with E-state index in [1.54, 1.807) is 6.92 Å². The number of carboxylic acids is 1. The van der Waals surface area contributed by atoms with Gasteiger partial charge in [-0.2, -0.15) is 0 Å². The number of carbonyl (C=O) groups is 2. The van der Waals surface area contributed by atoms with E-state index in [2.05, 4.69) is 10.6 Å². The van der Waals surface area contributed by atoms with Gasteiger partial charge in [-0.05, 0) is 26.2 Å². The number of nitrogens with one attached hydrogen (secondary N) is 2. The molecule has 1 saturated carbocycles. The molecule has 0 aromatic heterocycles. The van der Waals surface area contributed by atoms with Crippen molar-refractivity contribution in [1.29, 1.82) is 0 Å². The van der Waals surface area contributed by atoms with E-state index in [0.717, 1.165) is 19.3 Å². The largest absolute Gasteiger partial charge is 0.480 e. The number of rotatable bonds is 7. The van der Waals surface area contributed by atoms with Crippen molar-refractivity contribution >= 4 is 11.9 Å². The third kappa shape index (κ3) is 4.29. The topological polar surface area (TPSA) is 78.4 Å². The fourth-order valence-electron chi connectivity index (χ4n) is 2.44. The Kier molecular flexibility index (Phi) is 5.59. The summed E-state index contributed by atoms with van der Waals surface area (Å²) in [5.41, 5.74) is -1.15. The molecule has 0 radical (unpaired) electrons. The van der Waals surface area contributed by atoms with Gasteiger partial charge in [-0.3, -0.25) is 4.79 Å². The van der Waals surface area contributed by atoms with E-state index in [0.29, 0.717) is 12.5 Å². The lowest BCUT2D eigenvalue weighted by Gasteiger charge is -2.26. The molecule has 1 atom stereocenters. The van der Waals surface area contributed by atoms with E-state index in [1.165, 1.54) is 12.8 Å². The summed E-state index contributed by atoms with van der Waals surface area (Å²) < 4.78 is 0. The zero-order chi connectivity index (χ0) is 13.6. The van der Waals surface area contributed by atoms with Crippen LogP contribution in [0.1, 0.15) is 52.4 Å². The number of carbonyl (C=O) groups excluding carboxylic acids is 1. The van der Waals surface area contributed by atoms with Gasteiger partial charge in [0.15, 0.2) is 0 Å². The van der Waals surface area contributed by atoms with Crippen molar-refractivity contribution in [3.05, 3.63) is 0 Å². The van der Waals surface area contributed by atoms with Crippen LogP contribution < -0.4 is 10.6 Å². The molecule has 1 aliphatic rings. The predicted molar refractivity (Wildman–Crippen MR) is 69.4 cm³/mol. The Morgan fingerprint density at radius 2 is 1.94 bits per heavy atom. The Morgan fingerprint density at radius 3 is 2.44 bits per heavy atom. The lowest BCUT2D eigenvalue weighted by molar-refractivity contribution is -0.147. The van der Waals surface area contributed by atoms with Crippen LogP contribution in [0, 0.1) is 0 Å². The van der Waals surface area contributed by atoms with Crippen molar-refractivity contribution < 1.29 is 14.7 Å². The zero-order valence-corrected chi connectivity index (χ0v) is 11.3. The molecule has 0 bridgehead atoms. The summed E-state index contributed by atoms with van der Waals surface area (Å²) in [6, 6.07) is 0.415. The molecule has 1 aliphatic carbocycles. The SMILES string of the molecule is CCCC(C)(NC(=O)CNC1CCCC1)C(=O)O. The molecule has 0 spiro atoms. The number of carboxylic acid groups (broad SMARTS) is 1. The van der Waals surface area contributed by atoms with Crippen LogP contribution in [0.15, 0.2) is 0 Å². The average Bonchev–Trinajstić information content (AvgIpc) is 2.79. The molecular weight excluding hydrogens is 232 g/mol. The summed E-state index contributed by atoms with van der Waals surface area (Å²) in [6.45, 7) is 3.67.